The van der Waals surface area contributed by atoms with Gasteiger partial charge in [0, 0.05) is 17.3 Å². The highest BCUT2D eigenvalue weighted by molar-refractivity contribution is 6.31. The number of hydrogen-bond acceptors (Lipinski definition) is 2. The Bertz CT molecular complexity index is 635. The summed E-state index contributed by atoms with van der Waals surface area (Å²) in [5.74, 6) is 0.761. The first kappa shape index (κ1) is 14.4. The van der Waals surface area contributed by atoms with Crippen LogP contribution in [0.25, 0.3) is 0 Å². The highest BCUT2D eigenvalue weighted by Gasteiger charge is 2.24. The molecule has 21 heavy (non-hydrogen) atoms. The van der Waals surface area contributed by atoms with Crippen molar-refractivity contribution >= 4 is 17.3 Å². The SMILES string of the molecule is Cc1ccc(NC(CN)c2cccc(C3CC3)c2)cc1Cl. The average Bonchev–Trinajstić information content (AvgIpc) is 3.33. The van der Waals surface area contributed by atoms with Crippen molar-refractivity contribution in [2.24, 2.45) is 5.73 Å². The van der Waals surface area contributed by atoms with Crippen LogP contribution >= 0.6 is 11.6 Å². The van der Waals surface area contributed by atoms with Gasteiger partial charge in [-0.15, -0.1) is 0 Å². The predicted molar refractivity (Wildman–Crippen MR) is 90.0 cm³/mol. The third kappa shape index (κ3) is 3.39. The van der Waals surface area contributed by atoms with Crippen molar-refractivity contribution in [1.29, 1.82) is 0 Å². The van der Waals surface area contributed by atoms with Crippen LogP contribution in [0.15, 0.2) is 42.5 Å². The molecule has 3 N–H and O–H groups in total. The van der Waals surface area contributed by atoms with E-state index in [0.717, 1.165) is 22.2 Å². The first-order chi connectivity index (χ1) is 10.2. The number of aryl methyl sites for hydroxylation is 1. The third-order valence-corrected chi connectivity index (χ3v) is 4.52. The fourth-order valence-electron chi connectivity index (χ4n) is 2.61. The molecule has 1 unspecified atom stereocenters. The Morgan fingerprint density at radius 3 is 2.71 bits per heavy atom. The van der Waals surface area contributed by atoms with Crippen LogP contribution in [0.5, 0.6) is 0 Å². The molecule has 0 aromatic heterocycles. The summed E-state index contributed by atoms with van der Waals surface area (Å²) in [5, 5.41) is 4.27. The molecule has 1 saturated carbocycles. The molecular formula is C18H21ClN2. The highest BCUT2D eigenvalue weighted by Crippen LogP contribution is 2.40. The molecular weight excluding hydrogens is 280 g/mol. The van der Waals surface area contributed by atoms with Crippen molar-refractivity contribution in [3.05, 3.63) is 64.2 Å². The number of anilines is 1. The van der Waals surface area contributed by atoms with Gasteiger partial charge >= 0.3 is 0 Å². The van der Waals surface area contributed by atoms with E-state index in [1.54, 1.807) is 0 Å². The van der Waals surface area contributed by atoms with Crippen molar-refractivity contribution in [3.63, 3.8) is 0 Å². The normalized spacial score (nSPS) is 15.8. The lowest BCUT2D eigenvalue weighted by atomic mass is 10.0. The number of nitrogens with two attached hydrogens (primary N) is 1. The minimum Gasteiger partial charge on any atom is -0.377 e. The van der Waals surface area contributed by atoms with Gasteiger partial charge in [-0.1, -0.05) is 41.9 Å². The molecule has 2 aromatic carbocycles. The summed E-state index contributed by atoms with van der Waals surface area (Å²) < 4.78 is 0. The molecule has 0 spiro atoms. The van der Waals surface area contributed by atoms with E-state index >= 15 is 0 Å². The molecule has 0 radical (unpaired) electrons. The van der Waals surface area contributed by atoms with E-state index in [2.05, 4.69) is 35.6 Å². The summed E-state index contributed by atoms with van der Waals surface area (Å²) in [6.45, 7) is 2.56. The van der Waals surface area contributed by atoms with E-state index < -0.39 is 0 Å². The molecule has 3 heteroatoms. The second-order valence-electron chi connectivity index (χ2n) is 5.84. The summed E-state index contributed by atoms with van der Waals surface area (Å²) in [4.78, 5) is 0. The fraction of sp³-hybridized carbons (Fsp3) is 0.333. The zero-order valence-electron chi connectivity index (χ0n) is 12.3. The second-order valence-corrected chi connectivity index (χ2v) is 6.25. The van der Waals surface area contributed by atoms with E-state index in [4.69, 9.17) is 17.3 Å². The maximum atomic E-state index is 6.19. The maximum absolute atomic E-state index is 6.19. The molecule has 0 bridgehead atoms. The average molecular weight is 301 g/mol. The molecule has 0 saturated heterocycles. The van der Waals surface area contributed by atoms with Gasteiger partial charge in [-0.05, 0) is 54.5 Å². The molecule has 0 amide bonds. The van der Waals surface area contributed by atoms with Gasteiger partial charge in [0.1, 0.15) is 0 Å². The summed E-state index contributed by atoms with van der Waals surface area (Å²) >= 11 is 6.19. The van der Waals surface area contributed by atoms with Gasteiger partial charge in [-0.3, -0.25) is 0 Å². The van der Waals surface area contributed by atoms with Crippen LogP contribution in [-0.2, 0) is 0 Å². The Morgan fingerprint density at radius 1 is 1.24 bits per heavy atom. The fourth-order valence-corrected chi connectivity index (χ4v) is 2.79. The highest BCUT2D eigenvalue weighted by atomic mass is 35.5. The third-order valence-electron chi connectivity index (χ3n) is 4.11. The van der Waals surface area contributed by atoms with E-state index in [0.29, 0.717) is 6.54 Å². The Balaban J connectivity index is 1.80. The molecule has 1 aliphatic rings. The van der Waals surface area contributed by atoms with Crippen molar-refractivity contribution in [2.75, 3.05) is 11.9 Å². The van der Waals surface area contributed by atoms with Gasteiger partial charge in [0.15, 0.2) is 0 Å². The van der Waals surface area contributed by atoms with Crippen LogP contribution in [0.3, 0.4) is 0 Å². The van der Waals surface area contributed by atoms with Crippen molar-refractivity contribution < 1.29 is 0 Å². The first-order valence-corrected chi connectivity index (χ1v) is 7.88. The number of nitrogens with one attached hydrogen (secondary N) is 1. The first-order valence-electron chi connectivity index (χ1n) is 7.50. The monoisotopic (exact) mass is 300 g/mol. The molecule has 0 aliphatic heterocycles. The smallest absolute Gasteiger partial charge is 0.0636 e. The number of rotatable bonds is 5. The zero-order chi connectivity index (χ0) is 14.8. The predicted octanol–water partition coefficient (Wildman–Crippen LogP) is 4.64. The van der Waals surface area contributed by atoms with Gasteiger partial charge in [-0.2, -0.15) is 0 Å². The van der Waals surface area contributed by atoms with Crippen LogP contribution in [-0.4, -0.2) is 6.54 Å². The summed E-state index contributed by atoms with van der Waals surface area (Å²) in [5.41, 5.74) is 10.8. The lowest BCUT2D eigenvalue weighted by Gasteiger charge is -2.20. The Morgan fingerprint density at radius 2 is 2.05 bits per heavy atom. The van der Waals surface area contributed by atoms with E-state index in [1.807, 2.05) is 19.1 Å². The van der Waals surface area contributed by atoms with Gasteiger partial charge in [-0.25, -0.2) is 0 Å². The van der Waals surface area contributed by atoms with E-state index in [9.17, 15) is 0 Å². The van der Waals surface area contributed by atoms with Crippen LogP contribution in [0.1, 0.15) is 41.5 Å². The summed E-state index contributed by atoms with van der Waals surface area (Å²) in [6, 6.07) is 14.9. The maximum Gasteiger partial charge on any atom is 0.0636 e. The Kier molecular flexibility index (Phi) is 4.18. The van der Waals surface area contributed by atoms with Crippen LogP contribution < -0.4 is 11.1 Å². The molecule has 110 valence electrons. The van der Waals surface area contributed by atoms with Crippen LogP contribution in [0.4, 0.5) is 5.69 Å². The van der Waals surface area contributed by atoms with Gasteiger partial charge < -0.3 is 11.1 Å². The van der Waals surface area contributed by atoms with Gasteiger partial charge in [0.25, 0.3) is 0 Å². The molecule has 1 atom stereocenters. The van der Waals surface area contributed by atoms with E-state index in [1.165, 1.54) is 24.0 Å². The topological polar surface area (TPSA) is 38.0 Å². The number of halogens is 1. The standard InChI is InChI=1S/C18H21ClN2/c1-12-5-8-16(10-17(12)19)21-18(11-20)15-4-2-3-14(9-15)13-6-7-13/h2-5,8-10,13,18,21H,6-7,11,20H2,1H3. The minimum atomic E-state index is 0.113. The molecule has 3 rings (SSSR count). The summed E-state index contributed by atoms with van der Waals surface area (Å²) in [7, 11) is 0. The van der Waals surface area contributed by atoms with E-state index in [-0.39, 0.29) is 6.04 Å². The Hall–Kier alpha value is -1.51. The zero-order valence-corrected chi connectivity index (χ0v) is 13.0. The van der Waals surface area contributed by atoms with Crippen LogP contribution in [0.2, 0.25) is 5.02 Å². The van der Waals surface area contributed by atoms with Crippen molar-refractivity contribution in [3.8, 4) is 0 Å². The van der Waals surface area contributed by atoms with Gasteiger partial charge in [0.2, 0.25) is 0 Å². The number of hydrogen-bond donors (Lipinski definition) is 2. The molecule has 0 heterocycles. The minimum absolute atomic E-state index is 0.113. The quantitative estimate of drug-likeness (QED) is 0.844. The second kappa shape index (κ2) is 6.08. The molecule has 1 aliphatic carbocycles. The largest absolute Gasteiger partial charge is 0.377 e. The van der Waals surface area contributed by atoms with Gasteiger partial charge in [0.05, 0.1) is 6.04 Å². The molecule has 2 nitrogen and oxygen atoms in total. The summed E-state index contributed by atoms with van der Waals surface area (Å²) in [6.07, 6.45) is 2.63. The number of benzene rings is 2. The van der Waals surface area contributed by atoms with Crippen molar-refractivity contribution in [1.82, 2.24) is 0 Å². The molecule has 1 fully saturated rings. The lowest BCUT2D eigenvalue weighted by Crippen LogP contribution is -2.20. The molecule has 2 aromatic rings. The van der Waals surface area contributed by atoms with Crippen molar-refractivity contribution in [2.45, 2.75) is 31.7 Å². The van der Waals surface area contributed by atoms with Crippen LogP contribution in [0, 0.1) is 6.92 Å². The lowest BCUT2D eigenvalue weighted by molar-refractivity contribution is 0.787. The Labute approximate surface area is 131 Å².